The molecule has 0 saturated carbocycles. The lowest BCUT2D eigenvalue weighted by molar-refractivity contribution is -0.0894. The van der Waals surface area contributed by atoms with Crippen LogP contribution >= 0.6 is 0 Å². The van der Waals surface area contributed by atoms with Crippen molar-refractivity contribution in [2.45, 2.75) is 32.0 Å². The molecule has 0 saturated heterocycles. The summed E-state index contributed by atoms with van der Waals surface area (Å²) < 4.78 is 47.0. The zero-order valence-electron chi connectivity index (χ0n) is 14.9. The standard InChI is InChI=1S/C19H17F3N4O2/c1-11-23-24-17-7-8-18(25-26(11)17)28-16-10-13(19(20,21)22)5-6-15(16)12-3-2-4-14(27)9-12/h3,5-10,15-16,27H,2,4H2,1H3. The number of aromatic nitrogens is 4. The number of halogens is 3. The van der Waals surface area contributed by atoms with E-state index in [-0.39, 0.29) is 11.6 Å². The van der Waals surface area contributed by atoms with Crippen molar-refractivity contribution < 1.29 is 23.0 Å². The molecule has 2 aromatic heterocycles. The molecular weight excluding hydrogens is 373 g/mol. The SMILES string of the molecule is Cc1nnc2ccc(OC3C=C(C(F)(F)F)C=CC3C3=CCCC(O)=C3)nn12. The summed E-state index contributed by atoms with van der Waals surface area (Å²) in [6.07, 6.45) is 2.76. The maximum absolute atomic E-state index is 13.2. The number of aliphatic hydroxyl groups excluding tert-OH is 1. The summed E-state index contributed by atoms with van der Waals surface area (Å²) in [4.78, 5) is 0. The first-order valence-corrected chi connectivity index (χ1v) is 8.74. The number of rotatable bonds is 3. The first-order valence-electron chi connectivity index (χ1n) is 8.74. The number of hydrogen-bond donors (Lipinski definition) is 1. The minimum absolute atomic E-state index is 0.156. The average molecular weight is 390 g/mol. The number of aliphatic hydroxyl groups is 1. The van der Waals surface area contributed by atoms with Gasteiger partial charge in [-0.05, 0) is 37.1 Å². The Labute approximate surface area is 158 Å². The van der Waals surface area contributed by atoms with Crippen LogP contribution in [0.25, 0.3) is 5.65 Å². The predicted molar refractivity (Wildman–Crippen MR) is 94.7 cm³/mol. The highest BCUT2D eigenvalue weighted by molar-refractivity contribution is 5.41. The monoisotopic (exact) mass is 390 g/mol. The molecule has 1 N–H and O–H groups in total. The zero-order valence-corrected chi connectivity index (χ0v) is 14.9. The topological polar surface area (TPSA) is 72.5 Å². The number of nitrogens with zero attached hydrogens (tertiary/aromatic N) is 4. The van der Waals surface area contributed by atoms with Crippen LogP contribution in [-0.2, 0) is 0 Å². The van der Waals surface area contributed by atoms with Gasteiger partial charge in [0.05, 0.1) is 11.3 Å². The number of alkyl halides is 3. The summed E-state index contributed by atoms with van der Waals surface area (Å²) in [5.74, 6) is 0.418. The van der Waals surface area contributed by atoms with Gasteiger partial charge in [-0.15, -0.1) is 15.3 Å². The minimum atomic E-state index is -4.48. The highest BCUT2D eigenvalue weighted by Crippen LogP contribution is 2.36. The van der Waals surface area contributed by atoms with Gasteiger partial charge < -0.3 is 9.84 Å². The molecule has 2 unspecified atom stereocenters. The Balaban J connectivity index is 1.69. The summed E-state index contributed by atoms with van der Waals surface area (Å²) in [7, 11) is 0. The van der Waals surface area contributed by atoms with Crippen LogP contribution in [0.2, 0.25) is 0 Å². The van der Waals surface area contributed by atoms with Crippen molar-refractivity contribution >= 4 is 5.65 Å². The van der Waals surface area contributed by atoms with Gasteiger partial charge in [0.15, 0.2) is 11.5 Å². The molecule has 2 aromatic rings. The van der Waals surface area contributed by atoms with Gasteiger partial charge in [-0.25, -0.2) is 0 Å². The van der Waals surface area contributed by atoms with E-state index in [0.717, 1.165) is 12.2 Å². The highest BCUT2D eigenvalue weighted by atomic mass is 19.4. The second-order valence-electron chi connectivity index (χ2n) is 6.65. The van der Waals surface area contributed by atoms with Crippen LogP contribution in [0.5, 0.6) is 5.88 Å². The smallest absolute Gasteiger partial charge is 0.416 e. The van der Waals surface area contributed by atoms with E-state index in [0.29, 0.717) is 29.9 Å². The van der Waals surface area contributed by atoms with Crippen LogP contribution < -0.4 is 4.74 Å². The molecule has 9 heteroatoms. The maximum atomic E-state index is 13.2. The second kappa shape index (κ2) is 6.81. The fourth-order valence-corrected chi connectivity index (χ4v) is 3.27. The van der Waals surface area contributed by atoms with E-state index in [4.69, 9.17) is 4.74 Å². The van der Waals surface area contributed by atoms with E-state index in [2.05, 4.69) is 15.3 Å². The molecule has 6 nitrogen and oxygen atoms in total. The molecule has 0 fully saturated rings. The normalized spacial score (nSPS) is 22.6. The molecule has 2 heterocycles. The van der Waals surface area contributed by atoms with Crippen LogP contribution in [-0.4, -0.2) is 37.2 Å². The minimum Gasteiger partial charge on any atom is -0.512 e. The molecule has 0 spiro atoms. The molecule has 146 valence electrons. The Hall–Kier alpha value is -3.10. The van der Waals surface area contributed by atoms with Crippen LogP contribution in [0.15, 0.2) is 59.4 Å². The number of hydrogen-bond acceptors (Lipinski definition) is 5. The fourth-order valence-electron chi connectivity index (χ4n) is 3.27. The third-order valence-corrected chi connectivity index (χ3v) is 4.66. The maximum Gasteiger partial charge on any atom is 0.416 e. The molecule has 0 amide bonds. The van der Waals surface area contributed by atoms with Crippen molar-refractivity contribution in [3.05, 3.63) is 65.2 Å². The van der Waals surface area contributed by atoms with Gasteiger partial charge in [-0.1, -0.05) is 18.2 Å². The largest absolute Gasteiger partial charge is 0.512 e. The van der Waals surface area contributed by atoms with E-state index < -0.39 is 23.8 Å². The lowest BCUT2D eigenvalue weighted by Gasteiger charge is -2.29. The Morgan fingerprint density at radius 2 is 2.07 bits per heavy atom. The summed E-state index contributed by atoms with van der Waals surface area (Å²) >= 11 is 0. The first-order chi connectivity index (χ1) is 13.3. The zero-order chi connectivity index (χ0) is 19.9. The van der Waals surface area contributed by atoms with Crippen LogP contribution in [0.1, 0.15) is 18.7 Å². The van der Waals surface area contributed by atoms with Crippen LogP contribution in [0.4, 0.5) is 13.2 Å². The molecule has 0 aromatic carbocycles. The van der Waals surface area contributed by atoms with Crippen molar-refractivity contribution in [3.63, 3.8) is 0 Å². The summed E-state index contributed by atoms with van der Waals surface area (Å²) in [6, 6.07) is 3.18. The van der Waals surface area contributed by atoms with Gasteiger partial charge >= 0.3 is 6.18 Å². The van der Waals surface area contributed by atoms with Crippen molar-refractivity contribution in [2.75, 3.05) is 0 Å². The Kier molecular flexibility index (Phi) is 4.44. The Bertz CT molecular complexity index is 1030. The third-order valence-electron chi connectivity index (χ3n) is 4.66. The lowest BCUT2D eigenvalue weighted by Crippen LogP contribution is -2.30. The molecule has 0 radical (unpaired) electrons. The van der Waals surface area contributed by atoms with Crippen LogP contribution in [0, 0.1) is 12.8 Å². The molecule has 2 aliphatic rings. The van der Waals surface area contributed by atoms with Gasteiger partial charge in [0.25, 0.3) is 0 Å². The Morgan fingerprint density at radius 3 is 2.82 bits per heavy atom. The lowest BCUT2D eigenvalue weighted by atomic mass is 9.84. The molecular formula is C19H17F3N4O2. The molecule has 0 aliphatic heterocycles. The summed E-state index contributed by atoms with van der Waals surface area (Å²) in [5, 5.41) is 21.9. The molecule has 0 bridgehead atoms. The number of aryl methyl sites for hydroxylation is 1. The van der Waals surface area contributed by atoms with E-state index >= 15 is 0 Å². The average Bonchev–Trinajstić information content (AvgIpc) is 3.01. The van der Waals surface area contributed by atoms with Gasteiger partial charge in [-0.2, -0.15) is 17.7 Å². The summed E-state index contributed by atoms with van der Waals surface area (Å²) in [5.41, 5.74) is 0.447. The molecule has 4 rings (SSSR count). The van der Waals surface area contributed by atoms with Gasteiger partial charge in [0, 0.05) is 18.4 Å². The van der Waals surface area contributed by atoms with Crippen molar-refractivity contribution in [1.82, 2.24) is 19.8 Å². The van der Waals surface area contributed by atoms with Crippen molar-refractivity contribution in [3.8, 4) is 5.88 Å². The quantitative estimate of drug-likeness (QED) is 0.857. The van der Waals surface area contributed by atoms with E-state index in [1.807, 2.05) is 6.08 Å². The van der Waals surface area contributed by atoms with Crippen molar-refractivity contribution in [1.29, 1.82) is 0 Å². The van der Waals surface area contributed by atoms with Gasteiger partial charge in [-0.3, -0.25) is 0 Å². The fraction of sp³-hybridized carbons (Fsp3) is 0.316. The van der Waals surface area contributed by atoms with E-state index in [1.54, 1.807) is 25.1 Å². The molecule has 2 atom stereocenters. The molecule has 28 heavy (non-hydrogen) atoms. The number of allylic oxidation sites excluding steroid dienone is 5. The van der Waals surface area contributed by atoms with E-state index in [9.17, 15) is 18.3 Å². The third kappa shape index (κ3) is 3.51. The molecule has 2 aliphatic carbocycles. The van der Waals surface area contributed by atoms with Crippen LogP contribution in [0.3, 0.4) is 0 Å². The second-order valence-corrected chi connectivity index (χ2v) is 6.65. The number of fused-ring (bicyclic) bond motifs is 1. The predicted octanol–water partition coefficient (Wildman–Crippen LogP) is 4.02. The van der Waals surface area contributed by atoms with Gasteiger partial charge in [0.2, 0.25) is 5.88 Å². The number of ether oxygens (including phenoxy) is 1. The first kappa shape index (κ1) is 18.3. The van der Waals surface area contributed by atoms with Crippen molar-refractivity contribution in [2.24, 2.45) is 5.92 Å². The summed E-state index contributed by atoms with van der Waals surface area (Å²) in [6.45, 7) is 1.71. The van der Waals surface area contributed by atoms with Gasteiger partial charge in [0.1, 0.15) is 6.10 Å². The van der Waals surface area contributed by atoms with E-state index in [1.165, 1.54) is 10.6 Å². The Morgan fingerprint density at radius 1 is 1.25 bits per heavy atom. The highest BCUT2D eigenvalue weighted by Gasteiger charge is 2.37.